The molecule has 0 unspecified atom stereocenters. The van der Waals surface area contributed by atoms with Crippen molar-refractivity contribution in [2.45, 2.75) is 85.5 Å². The fourth-order valence-electron chi connectivity index (χ4n) is 11.0. The van der Waals surface area contributed by atoms with Gasteiger partial charge in [-0.2, -0.15) is 0 Å². The zero-order valence-electron chi connectivity index (χ0n) is 37.9. The molecule has 62 heavy (non-hydrogen) atoms. The maximum atomic E-state index is 2.67. The summed E-state index contributed by atoms with van der Waals surface area (Å²) in [4.78, 5) is 0. The van der Waals surface area contributed by atoms with E-state index in [1.54, 1.807) is 0 Å². The molecule has 304 valence electrons. The molecule has 0 saturated carbocycles. The zero-order chi connectivity index (χ0) is 42.9. The van der Waals surface area contributed by atoms with Gasteiger partial charge in [0.15, 0.2) is 0 Å². The van der Waals surface area contributed by atoms with E-state index in [4.69, 9.17) is 0 Å². The average Bonchev–Trinajstić information content (AvgIpc) is 3.72. The first-order valence-corrected chi connectivity index (χ1v) is 24.1. The third-order valence-corrected chi connectivity index (χ3v) is 16.8. The first-order chi connectivity index (χ1) is 29.5. The van der Waals surface area contributed by atoms with Crippen molar-refractivity contribution in [3.8, 4) is 16.8 Å². The fourth-order valence-corrected chi connectivity index (χ4v) is 13.5. The van der Waals surface area contributed by atoms with Gasteiger partial charge in [-0.25, -0.2) is 0 Å². The maximum absolute atomic E-state index is 2.67. The predicted molar refractivity (Wildman–Crippen MR) is 268 cm³/mol. The quantitative estimate of drug-likeness (QED) is 0.0887. The number of aryl methyl sites for hydroxylation is 2. The van der Waals surface area contributed by atoms with E-state index < -0.39 is 0 Å². The van der Waals surface area contributed by atoms with Crippen LogP contribution in [-0.4, -0.2) is 30.6 Å². The molecule has 0 aliphatic carbocycles. The van der Waals surface area contributed by atoms with Crippen molar-refractivity contribution in [2.24, 2.45) is 7.05 Å². The average molecular weight is 870 g/mol. The Balaban J connectivity index is 1.20. The molecule has 5 heteroatoms. The number of aromatic nitrogens is 3. The fraction of sp³-hybridized carbons (Fsp3) is 0.246. The molecule has 7 aromatic carbocycles. The number of benzene rings is 7. The Morgan fingerprint density at radius 3 is 2.02 bits per heavy atom. The van der Waals surface area contributed by atoms with Gasteiger partial charge in [-0.05, 0) is 0 Å². The zero-order valence-corrected chi connectivity index (χ0v) is 39.6. The number of para-hydroxylation sites is 2. The second-order valence-electron chi connectivity index (χ2n) is 21.4. The summed E-state index contributed by atoms with van der Waals surface area (Å²) in [6.07, 6.45) is 0. The predicted octanol–water partition coefficient (Wildman–Crippen LogP) is 9.99. The minimum atomic E-state index is -0.00395. The number of pyridine rings is 1. The molecule has 0 amide bonds. The Hall–Kier alpha value is -5.61. The molecule has 0 atom stereocenters. The van der Waals surface area contributed by atoms with Crippen molar-refractivity contribution in [2.75, 3.05) is 0 Å². The third kappa shape index (κ3) is 5.22. The van der Waals surface area contributed by atoms with Crippen LogP contribution in [0.4, 0.5) is 0 Å². The van der Waals surface area contributed by atoms with E-state index in [2.05, 4.69) is 211 Å². The molecule has 0 radical (unpaired) electrons. The number of hydrogen-bond donors (Lipinski definition) is 0. The number of nitrogens with zero attached hydrogens (tertiary/aromatic N) is 3. The van der Waals surface area contributed by atoms with Crippen molar-refractivity contribution < 1.29 is 4.57 Å². The van der Waals surface area contributed by atoms with Crippen LogP contribution in [0.1, 0.15) is 84.6 Å². The van der Waals surface area contributed by atoms with Crippen LogP contribution in [0.2, 0.25) is 0 Å². The molecule has 2 aliphatic heterocycles. The van der Waals surface area contributed by atoms with Crippen LogP contribution in [0.5, 0.6) is 0 Å². The van der Waals surface area contributed by atoms with Gasteiger partial charge in [0.1, 0.15) is 0 Å². The molecular weight excluding hydrogens is 816 g/mol. The van der Waals surface area contributed by atoms with E-state index in [0.29, 0.717) is 0 Å². The summed E-state index contributed by atoms with van der Waals surface area (Å²) in [5.41, 5.74) is 21.5. The normalized spacial score (nSPS) is 14.0. The van der Waals surface area contributed by atoms with Crippen molar-refractivity contribution >= 4 is 107 Å². The van der Waals surface area contributed by atoms with E-state index in [9.17, 15) is 0 Å². The van der Waals surface area contributed by atoms with E-state index in [-0.39, 0.29) is 37.9 Å². The van der Waals surface area contributed by atoms with Crippen molar-refractivity contribution in [1.82, 2.24) is 8.97 Å². The molecule has 12 rings (SSSR count). The Kier molecular flexibility index (Phi) is 7.70. The molecule has 0 N–H and O–H groups in total. The van der Waals surface area contributed by atoms with Gasteiger partial charge in [-0.15, -0.1) is 0 Å². The molecular formula is C57H53BN3Se+. The van der Waals surface area contributed by atoms with E-state index in [0.717, 1.165) is 0 Å². The molecule has 0 fully saturated rings. The molecule has 0 bridgehead atoms. The van der Waals surface area contributed by atoms with Crippen LogP contribution in [-0.2, 0) is 23.3 Å². The van der Waals surface area contributed by atoms with Gasteiger partial charge in [0.2, 0.25) is 0 Å². The second-order valence-corrected chi connectivity index (χ2v) is 23.7. The van der Waals surface area contributed by atoms with Gasteiger partial charge >= 0.3 is 374 Å². The summed E-state index contributed by atoms with van der Waals surface area (Å²) in [5.74, 6) is 0. The van der Waals surface area contributed by atoms with Gasteiger partial charge in [-0.3, -0.25) is 0 Å². The monoisotopic (exact) mass is 870 g/mol. The van der Waals surface area contributed by atoms with Crippen LogP contribution < -0.4 is 29.9 Å². The van der Waals surface area contributed by atoms with Crippen LogP contribution >= 0.6 is 0 Å². The van der Waals surface area contributed by atoms with Crippen molar-refractivity contribution in [3.63, 3.8) is 0 Å². The number of fused-ring (bicyclic) bond motifs is 15. The summed E-state index contributed by atoms with van der Waals surface area (Å²) in [5, 5.41) is 6.63. The van der Waals surface area contributed by atoms with Gasteiger partial charge in [0.05, 0.1) is 0 Å². The molecule has 2 aliphatic rings. The molecule has 3 aromatic heterocycles. The first-order valence-electron chi connectivity index (χ1n) is 22.4. The van der Waals surface area contributed by atoms with Gasteiger partial charge in [-0.1, -0.05) is 0 Å². The summed E-state index contributed by atoms with van der Waals surface area (Å²) in [6.45, 7) is 23.6. The van der Waals surface area contributed by atoms with Crippen molar-refractivity contribution in [3.05, 3.63) is 144 Å². The molecule has 0 spiro atoms. The van der Waals surface area contributed by atoms with Crippen LogP contribution in [0.15, 0.2) is 121 Å². The van der Waals surface area contributed by atoms with Crippen LogP contribution in [0, 0.1) is 6.92 Å². The molecule has 10 aromatic rings. The minimum absolute atomic E-state index is 0.00395. The van der Waals surface area contributed by atoms with Gasteiger partial charge in [0.25, 0.3) is 0 Å². The second kappa shape index (κ2) is 12.5. The topological polar surface area (TPSA) is 13.2 Å². The summed E-state index contributed by atoms with van der Waals surface area (Å²) in [7, 11) is 2.23. The molecule has 5 heterocycles. The SMILES string of the molecule is Cc1cccc2c3ccc(-c4cc5c6c(c4)-n4c7ccc(C(C)(C)C)cc7c7cc(C(C)(C)C)cc(c74)B6c4cc(C(C)(C)C)ccc4[Se]5)cc3n3c4ccccc4[n+](C)c3c12. The standard InChI is InChI=1S/C57H53BN3Se/c1-32-15-14-16-39-38-22-19-33(25-47(38)61-46-18-13-12-17-45(46)59(11)54(61)51(32)39)34-26-48-52-50(27-34)62-49-24-21-36(56(5,6)7)30-42(49)58(52)43-31-37(57(8,9)10)29-41-40-28-35(55(2,3)4)20-23-44(40)60(48)53(41)43/h12-31H,1-11H3/q+1. The third-order valence-electron chi connectivity index (χ3n) is 14.4. The summed E-state index contributed by atoms with van der Waals surface area (Å²) in [6, 6.07) is 47.9. The molecule has 3 nitrogen and oxygen atoms in total. The number of imidazole rings is 1. The van der Waals surface area contributed by atoms with E-state index in [1.165, 1.54) is 125 Å². The van der Waals surface area contributed by atoms with Gasteiger partial charge < -0.3 is 0 Å². The van der Waals surface area contributed by atoms with E-state index in [1.807, 2.05) is 0 Å². The Morgan fingerprint density at radius 1 is 0.532 bits per heavy atom. The van der Waals surface area contributed by atoms with E-state index >= 15 is 0 Å². The first kappa shape index (κ1) is 38.1. The number of rotatable bonds is 1. The van der Waals surface area contributed by atoms with Gasteiger partial charge in [0, 0.05) is 0 Å². The van der Waals surface area contributed by atoms with Crippen molar-refractivity contribution in [1.29, 1.82) is 0 Å². The summed E-state index contributed by atoms with van der Waals surface area (Å²) >= 11 is 0.130. The Labute approximate surface area is 371 Å². The molecule has 0 saturated heterocycles. The van der Waals surface area contributed by atoms with Crippen LogP contribution in [0.3, 0.4) is 0 Å². The van der Waals surface area contributed by atoms with Crippen LogP contribution in [0.25, 0.3) is 77.0 Å². The Morgan fingerprint density at radius 2 is 1.24 bits per heavy atom. The summed E-state index contributed by atoms with van der Waals surface area (Å²) < 4.78 is 10.6. The number of hydrogen-bond acceptors (Lipinski definition) is 0. The Bertz CT molecular complexity index is 3640.